The molecule has 5 heteroatoms. The molecule has 0 aliphatic heterocycles. The van der Waals surface area contributed by atoms with E-state index in [0.29, 0.717) is 6.54 Å². The summed E-state index contributed by atoms with van der Waals surface area (Å²) < 4.78 is 0. The van der Waals surface area contributed by atoms with Crippen LogP contribution in [0.3, 0.4) is 0 Å². The number of thiophene rings is 1. The van der Waals surface area contributed by atoms with Crippen LogP contribution in [-0.2, 0) is 6.54 Å². The van der Waals surface area contributed by atoms with Crippen molar-refractivity contribution in [2.45, 2.75) is 32.9 Å². The van der Waals surface area contributed by atoms with E-state index in [1.54, 1.807) is 22.7 Å². The van der Waals surface area contributed by atoms with Crippen LogP contribution in [-0.4, -0.2) is 33.7 Å². The molecule has 0 spiro atoms. The average molecular weight is 296 g/mol. The van der Waals surface area contributed by atoms with Crippen LogP contribution in [0.4, 0.5) is 0 Å². The lowest BCUT2D eigenvalue weighted by Gasteiger charge is -2.27. The van der Waals surface area contributed by atoms with Crippen molar-refractivity contribution in [3.63, 3.8) is 0 Å². The number of aromatic nitrogens is 1. The number of hydrogen-bond donors (Lipinski definition) is 1. The lowest BCUT2D eigenvalue weighted by Crippen LogP contribution is -2.37. The molecule has 0 bridgehead atoms. The molecule has 1 N–H and O–H groups in total. The fraction of sp³-hybridized carbons (Fsp3) is 0.500. The number of hydrogen-bond acceptors (Lipinski definition) is 5. The maximum atomic E-state index is 9.90. The van der Waals surface area contributed by atoms with Crippen molar-refractivity contribution in [1.29, 1.82) is 0 Å². The predicted molar refractivity (Wildman–Crippen MR) is 82.7 cm³/mol. The number of aliphatic hydroxyl groups is 1. The molecule has 2 heterocycles. The molecule has 0 amide bonds. The first-order valence-electron chi connectivity index (χ1n) is 6.41. The molecule has 0 saturated heterocycles. The summed E-state index contributed by atoms with van der Waals surface area (Å²) in [6, 6.07) is 4.15. The standard InChI is InChI=1S/C14H20N2OS2/c1-4-16(10-14(2,3)17)9-11-8-15-13(19-11)12-6-5-7-18-12/h5-8,17H,4,9-10H2,1-3H3. The van der Waals surface area contributed by atoms with E-state index in [4.69, 9.17) is 0 Å². The van der Waals surface area contributed by atoms with E-state index < -0.39 is 5.60 Å². The molecule has 0 unspecified atom stereocenters. The minimum Gasteiger partial charge on any atom is -0.389 e. The lowest BCUT2D eigenvalue weighted by molar-refractivity contribution is 0.0356. The monoisotopic (exact) mass is 296 g/mol. The maximum absolute atomic E-state index is 9.90. The molecular weight excluding hydrogens is 276 g/mol. The summed E-state index contributed by atoms with van der Waals surface area (Å²) in [5.41, 5.74) is -0.655. The van der Waals surface area contributed by atoms with Gasteiger partial charge in [0.2, 0.25) is 0 Å². The van der Waals surface area contributed by atoms with Gasteiger partial charge in [0.25, 0.3) is 0 Å². The molecule has 0 aromatic carbocycles. The summed E-state index contributed by atoms with van der Waals surface area (Å²) in [6.07, 6.45) is 1.95. The Labute approximate surface area is 122 Å². The molecule has 0 aliphatic carbocycles. The molecule has 0 atom stereocenters. The van der Waals surface area contributed by atoms with Crippen molar-refractivity contribution in [2.75, 3.05) is 13.1 Å². The van der Waals surface area contributed by atoms with E-state index in [2.05, 4.69) is 28.3 Å². The number of rotatable bonds is 6. The van der Waals surface area contributed by atoms with Crippen molar-refractivity contribution >= 4 is 22.7 Å². The third-order valence-electron chi connectivity index (χ3n) is 2.72. The van der Waals surface area contributed by atoms with Gasteiger partial charge in [-0.2, -0.15) is 0 Å². The molecule has 0 aliphatic rings. The smallest absolute Gasteiger partial charge is 0.133 e. The van der Waals surface area contributed by atoms with Crippen molar-refractivity contribution in [3.8, 4) is 9.88 Å². The second kappa shape index (κ2) is 6.13. The van der Waals surface area contributed by atoms with Crippen LogP contribution in [0.2, 0.25) is 0 Å². The first-order chi connectivity index (χ1) is 8.98. The number of nitrogens with zero attached hydrogens (tertiary/aromatic N) is 2. The van der Waals surface area contributed by atoms with Crippen LogP contribution >= 0.6 is 22.7 Å². The lowest BCUT2D eigenvalue weighted by atomic mass is 10.1. The van der Waals surface area contributed by atoms with Gasteiger partial charge in [-0.15, -0.1) is 22.7 Å². The molecule has 104 valence electrons. The third-order valence-corrected chi connectivity index (χ3v) is 4.74. The van der Waals surface area contributed by atoms with Crippen LogP contribution in [0.25, 0.3) is 9.88 Å². The van der Waals surface area contributed by atoms with E-state index >= 15 is 0 Å². The largest absolute Gasteiger partial charge is 0.389 e. The Kier molecular flexibility index (Phi) is 4.73. The van der Waals surface area contributed by atoms with Crippen LogP contribution in [0.15, 0.2) is 23.7 Å². The minimum atomic E-state index is -0.655. The molecular formula is C14H20N2OS2. The highest BCUT2D eigenvalue weighted by molar-refractivity contribution is 7.20. The Bertz CT molecular complexity index is 500. The Balaban J connectivity index is 2.03. The van der Waals surface area contributed by atoms with E-state index in [1.807, 2.05) is 26.1 Å². The molecule has 2 aromatic rings. The van der Waals surface area contributed by atoms with Crippen LogP contribution < -0.4 is 0 Å². The first kappa shape index (κ1) is 14.7. The Morgan fingerprint density at radius 3 is 2.79 bits per heavy atom. The van der Waals surface area contributed by atoms with E-state index in [-0.39, 0.29) is 0 Å². The summed E-state index contributed by atoms with van der Waals surface area (Å²) in [6.45, 7) is 8.27. The van der Waals surface area contributed by atoms with Crippen molar-refractivity contribution in [3.05, 3.63) is 28.6 Å². The molecule has 2 rings (SSSR count). The maximum Gasteiger partial charge on any atom is 0.133 e. The van der Waals surface area contributed by atoms with Gasteiger partial charge in [0.15, 0.2) is 0 Å². The Morgan fingerprint density at radius 1 is 1.42 bits per heavy atom. The highest BCUT2D eigenvalue weighted by Gasteiger charge is 2.18. The number of likely N-dealkylation sites (N-methyl/N-ethyl adjacent to an activating group) is 1. The third kappa shape index (κ3) is 4.38. The van der Waals surface area contributed by atoms with Crippen molar-refractivity contribution in [2.24, 2.45) is 0 Å². The van der Waals surface area contributed by atoms with Gasteiger partial charge >= 0.3 is 0 Å². The summed E-state index contributed by atoms with van der Waals surface area (Å²) in [5, 5.41) is 13.1. The van der Waals surface area contributed by atoms with Gasteiger partial charge < -0.3 is 5.11 Å². The summed E-state index contributed by atoms with van der Waals surface area (Å²) >= 11 is 3.45. The van der Waals surface area contributed by atoms with E-state index in [0.717, 1.165) is 18.1 Å². The second-order valence-corrected chi connectivity index (χ2v) is 7.29. The topological polar surface area (TPSA) is 36.4 Å². The van der Waals surface area contributed by atoms with Gasteiger partial charge in [0.05, 0.1) is 10.5 Å². The molecule has 3 nitrogen and oxygen atoms in total. The summed E-state index contributed by atoms with van der Waals surface area (Å²) in [7, 11) is 0. The van der Waals surface area contributed by atoms with Gasteiger partial charge in [0.1, 0.15) is 5.01 Å². The molecule has 2 aromatic heterocycles. The van der Waals surface area contributed by atoms with Gasteiger partial charge in [-0.3, -0.25) is 4.90 Å². The SMILES string of the molecule is CCN(Cc1cnc(-c2cccs2)s1)CC(C)(C)O. The predicted octanol–water partition coefficient (Wildman–Crippen LogP) is 3.46. The van der Waals surface area contributed by atoms with Crippen LogP contribution in [0, 0.1) is 0 Å². The molecule has 0 fully saturated rings. The quantitative estimate of drug-likeness (QED) is 0.887. The average Bonchev–Trinajstić information content (AvgIpc) is 2.95. The fourth-order valence-corrected chi connectivity index (χ4v) is 3.70. The highest BCUT2D eigenvalue weighted by atomic mass is 32.1. The molecule has 0 saturated carbocycles. The minimum absolute atomic E-state index is 0.655. The summed E-state index contributed by atoms with van der Waals surface area (Å²) in [5.74, 6) is 0. The van der Waals surface area contributed by atoms with E-state index in [9.17, 15) is 5.11 Å². The van der Waals surface area contributed by atoms with Gasteiger partial charge in [-0.1, -0.05) is 13.0 Å². The molecule has 0 radical (unpaired) electrons. The van der Waals surface area contributed by atoms with Crippen molar-refractivity contribution in [1.82, 2.24) is 9.88 Å². The zero-order valence-corrected chi connectivity index (χ0v) is 13.2. The normalized spacial score (nSPS) is 12.3. The second-order valence-electron chi connectivity index (χ2n) is 5.22. The van der Waals surface area contributed by atoms with E-state index in [1.165, 1.54) is 9.75 Å². The number of thiazole rings is 1. The summed E-state index contributed by atoms with van der Waals surface area (Å²) in [4.78, 5) is 9.19. The zero-order valence-electron chi connectivity index (χ0n) is 11.6. The van der Waals surface area contributed by atoms with Gasteiger partial charge in [-0.05, 0) is 31.8 Å². The zero-order chi connectivity index (χ0) is 13.9. The fourth-order valence-electron chi connectivity index (χ4n) is 1.94. The molecule has 19 heavy (non-hydrogen) atoms. The Hall–Kier alpha value is -0.750. The highest BCUT2D eigenvalue weighted by Crippen LogP contribution is 2.29. The van der Waals surface area contributed by atoms with Crippen LogP contribution in [0.5, 0.6) is 0 Å². The van der Waals surface area contributed by atoms with Gasteiger partial charge in [0, 0.05) is 24.2 Å². The van der Waals surface area contributed by atoms with Crippen LogP contribution in [0.1, 0.15) is 25.6 Å². The van der Waals surface area contributed by atoms with Gasteiger partial charge in [-0.25, -0.2) is 4.98 Å². The van der Waals surface area contributed by atoms with Crippen molar-refractivity contribution < 1.29 is 5.11 Å². The first-order valence-corrected chi connectivity index (χ1v) is 8.11. The Morgan fingerprint density at radius 2 is 2.21 bits per heavy atom.